The molecule has 1 atom stereocenters. The maximum absolute atomic E-state index is 14.2. The minimum atomic E-state index is -1.68. The Bertz CT molecular complexity index is 926. The van der Waals surface area contributed by atoms with Crippen LogP contribution in [0.5, 0.6) is 0 Å². The van der Waals surface area contributed by atoms with Crippen LogP contribution in [0.4, 0.5) is 14.5 Å². The van der Waals surface area contributed by atoms with Crippen LogP contribution in [-0.2, 0) is 11.2 Å². The fourth-order valence-corrected chi connectivity index (χ4v) is 3.53. The molecule has 1 unspecified atom stereocenters. The molecule has 0 saturated heterocycles. The van der Waals surface area contributed by atoms with Crippen molar-refractivity contribution in [2.24, 2.45) is 0 Å². The topological polar surface area (TPSA) is 62.3 Å². The summed E-state index contributed by atoms with van der Waals surface area (Å²) in [5.41, 5.74) is 1.06. The lowest BCUT2D eigenvalue weighted by atomic mass is 9.96. The zero-order valence-corrected chi connectivity index (χ0v) is 15.5. The SMILES string of the molecule is CC(NC(=O)c1ccc(F)cn1)c1ccc2c(c1)CCCN2C(=O)C1(F)CC1. The lowest BCUT2D eigenvalue weighted by molar-refractivity contribution is -0.124. The largest absolute Gasteiger partial charge is 0.344 e. The molecule has 2 heterocycles. The molecule has 2 aromatic rings. The molecule has 0 radical (unpaired) electrons. The Morgan fingerprint density at radius 2 is 2.04 bits per heavy atom. The van der Waals surface area contributed by atoms with Gasteiger partial charge < -0.3 is 10.2 Å². The first kappa shape index (κ1) is 18.5. The normalized spacial score (nSPS) is 18.2. The molecule has 1 aromatic heterocycles. The number of halogens is 2. The molecule has 1 saturated carbocycles. The molecule has 0 spiro atoms. The molecule has 1 aliphatic carbocycles. The number of fused-ring (bicyclic) bond motifs is 1. The third kappa shape index (κ3) is 3.48. The predicted octanol–water partition coefficient (Wildman–Crippen LogP) is 3.49. The van der Waals surface area contributed by atoms with E-state index in [1.54, 1.807) is 4.90 Å². The first-order valence-electron chi connectivity index (χ1n) is 9.43. The van der Waals surface area contributed by atoms with Crippen molar-refractivity contribution in [1.82, 2.24) is 10.3 Å². The number of alkyl halides is 1. The maximum Gasteiger partial charge on any atom is 0.270 e. The second-order valence-electron chi connectivity index (χ2n) is 7.47. The first-order chi connectivity index (χ1) is 13.4. The highest BCUT2D eigenvalue weighted by molar-refractivity contribution is 6.02. The molecule has 28 heavy (non-hydrogen) atoms. The molecular formula is C21H21F2N3O2. The van der Waals surface area contributed by atoms with E-state index in [9.17, 15) is 18.4 Å². The Hall–Kier alpha value is -2.83. The zero-order valence-electron chi connectivity index (χ0n) is 15.5. The average molecular weight is 385 g/mol. The molecule has 1 N–H and O–H groups in total. The lowest BCUT2D eigenvalue weighted by Crippen LogP contribution is -2.41. The molecule has 0 bridgehead atoms. The Balaban J connectivity index is 1.51. The van der Waals surface area contributed by atoms with E-state index in [0.717, 1.165) is 35.9 Å². The number of carbonyl (C=O) groups is 2. The van der Waals surface area contributed by atoms with Crippen molar-refractivity contribution in [3.8, 4) is 0 Å². The van der Waals surface area contributed by atoms with Gasteiger partial charge in [0.2, 0.25) is 0 Å². The highest BCUT2D eigenvalue weighted by Crippen LogP contribution is 2.43. The zero-order chi connectivity index (χ0) is 19.9. The van der Waals surface area contributed by atoms with Gasteiger partial charge in [0.05, 0.1) is 12.2 Å². The van der Waals surface area contributed by atoms with E-state index in [0.29, 0.717) is 19.4 Å². The molecule has 1 fully saturated rings. The number of hydrogen-bond donors (Lipinski definition) is 1. The van der Waals surface area contributed by atoms with Crippen molar-refractivity contribution in [3.63, 3.8) is 0 Å². The number of rotatable bonds is 4. The summed E-state index contributed by atoms with van der Waals surface area (Å²) in [7, 11) is 0. The molecule has 5 nitrogen and oxygen atoms in total. The van der Waals surface area contributed by atoms with Gasteiger partial charge in [-0.3, -0.25) is 9.59 Å². The smallest absolute Gasteiger partial charge is 0.270 e. The summed E-state index contributed by atoms with van der Waals surface area (Å²) >= 11 is 0. The van der Waals surface area contributed by atoms with E-state index in [1.807, 2.05) is 25.1 Å². The lowest BCUT2D eigenvalue weighted by Gasteiger charge is -2.31. The summed E-state index contributed by atoms with van der Waals surface area (Å²) in [4.78, 5) is 30.1. The van der Waals surface area contributed by atoms with Crippen LogP contribution < -0.4 is 10.2 Å². The van der Waals surface area contributed by atoms with Gasteiger partial charge in [-0.05, 0) is 61.9 Å². The molecule has 2 aliphatic rings. The van der Waals surface area contributed by atoms with Gasteiger partial charge in [-0.15, -0.1) is 0 Å². The van der Waals surface area contributed by atoms with E-state index in [2.05, 4.69) is 10.3 Å². The van der Waals surface area contributed by atoms with Crippen molar-refractivity contribution >= 4 is 17.5 Å². The van der Waals surface area contributed by atoms with Crippen molar-refractivity contribution in [2.75, 3.05) is 11.4 Å². The highest BCUT2D eigenvalue weighted by Gasteiger charge is 2.53. The molecule has 7 heteroatoms. The van der Waals surface area contributed by atoms with Gasteiger partial charge in [0.1, 0.15) is 11.5 Å². The summed E-state index contributed by atoms with van der Waals surface area (Å²) in [6, 6.07) is 7.84. The summed E-state index contributed by atoms with van der Waals surface area (Å²) in [6.07, 6.45) is 3.18. The van der Waals surface area contributed by atoms with Gasteiger partial charge >= 0.3 is 0 Å². The number of aryl methyl sites for hydroxylation is 1. The third-order valence-corrected chi connectivity index (χ3v) is 5.35. The van der Waals surface area contributed by atoms with Gasteiger partial charge in [-0.1, -0.05) is 12.1 Å². The molecule has 146 valence electrons. The quantitative estimate of drug-likeness (QED) is 0.876. The first-order valence-corrected chi connectivity index (χ1v) is 9.43. The van der Waals surface area contributed by atoms with Crippen LogP contribution in [0, 0.1) is 5.82 Å². The third-order valence-electron chi connectivity index (χ3n) is 5.35. The van der Waals surface area contributed by atoms with Crippen LogP contribution in [0.2, 0.25) is 0 Å². The number of benzene rings is 1. The van der Waals surface area contributed by atoms with E-state index in [4.69, 9.17) is 0 Å². The van der Waals surface area contributed by atoms with Crippen molar-refractivity contribution in [3.05, 3.63) is 59.2 Å². The Labute approximate surface area is 161 Å². The van der Waals surface area contributed by atoms with Gasteiger partial charge in [0.25, 0.3) is 11.8 Å². The fourth-order valence-electron chi connectivity index (χ4n) is 3.53. The van der Waals surface area contributed by atoms with E-state index in [-0.39, 0.29) is 11.7 Å². The van der Waals surface area contributed by atoms with Crippen molar-refractivity contribution in [2.45, 2.75) is 44.3 Å². The molecule has 2 amide bonds. The minimum absolute atomic E-state index is 0.139. The monoisotopic (exact) mass is 385 g/mol. The van der Waals surface area contributed by atoms with Crippen LogP contribution in [0.3, 0.4) is 0 Å². The summed E-state index contributed by atoms with van der Waals surface area (Å²) in [5.74, 6) is -1.33. The fraction of sp³-hybridized carbons (Fsp3) is 0.381. The number of anilines is 1. The number of nitrogens with zero attached hydrogens (tertiary/aromatic N) is 2. The number of carbonyl (C=O) groups excluding carboxylic acids is 2. The van der Waals surface area contributed by atoms with Crippen LogP contribution in [-0.4, -0.2) is 29.0 Å². The van der Waals surface area contributed by atoms with Gasteiger partial charge in [-0.25, -0.2) is 13.8 Å². The number of hydrogen-bond acceptors (Lipinski definition) is 3. The number of nitrogens with one attached hydrogen (secondary N) is 1. The molecule has 4 rings (SSSR count). The molecule has 1 aromatic carbocycles. The van der Waals surface area contributed by atoms with E-state index < -0.39 is 23.3 Å². The molecular weight excluding hydrogens is 364 g/mol. The minimum Gasteiger partial charge on any atom is -0.344 e. The van der Waals surface area contributed by atoms with Gasteiger partial charge in [0.15, 0.2) is 5.67 Å². The summed E-state index contributed by atoms with van der Waals surface area (Å²) in [5, 5.41) is 2.84. The Kier molecular flexibility index (Phi) is 4.61. The van der Waals surface area contributed by atoms with Crippen LogP contribution in [0.1, 0.15) is 53.8 Å². The Morgan fingerprint density at radius 1 is 1.25 bits per heavy atom. The summed E-state index contributed by atoms with van der Waals surface area (Å²) in [6.45, 7) is 2.37. The van der Waals surface area contributed by atoms with Crippen molar-refractivity contribution < 1.29 is 18.4 Å². The standard InChI is InChI=1S/C21H21F2N3O2/c1-13(25-19(27)17-6-5-16(22)12-24-17)14-4-7-18-15(11-14)3-2-10-26(18)20(28)21(23)8-9-21/h4-7,11-13H,2-3,8-10H2,1H3,(H,25,27). The van der Waals surface area contributed by atoms with Crippen LogP contribution in [0.25, 0.3) is 0 Å². The van der Waals surface area contributed by atoms with Crippen LogP contribution in [0.15, 0.2) is 36.5 Å². The van der Waals surface area contributed by atoms with E-state index >= 15 is 0 Å². The number of aromatic nitrogens is 1. The number of amides is 2. The number of pyridine rings is 1. The average Bonchev–Trinajstić information content (AvgIpc) is 3.45. The summed E-state index contributed by atoms with van der Waals surface area (Å²) < 4.78 is 27.2. The Morgan fingerprint density at radius 3 is 2.71 bits per heavy atom. The van der Waals surface area contributed by atoms with Crippen molar-refractivity contribution in [1.29, 1.82) is 0 Å². The van der Waals surface area contributed by atoms with E-state index in [1.165, 1.54) is 12.1 Å². The second-order valence-corrected chi connectivity index (χ2v) is 7.47. The van der Waals surface area contributed by atoms with Crippen LogP contribution >= 0.6 is 0 Å². The van der Waals surface area contributed by atoms with Gasteiger partial charge in [0, 0.05) is 12.2 Å². The predicted molar refractivity (Wildman–Crippen MR) is 100 cm³/mol. The highest BCUT2D eigenvalue weighted by atomic mass is 19.1. The maximum atomic E-state index is 14.2. The second kappa shape index (κ2) is 6.96. The van der Waals surface area contributed by atoms with Gasteiger partial charge in [-0.2, -0.15) is 0 Å². The molecule has 1 aliphatic heterocycles.